The van der Waals surface area contributed by atoms with Crippen LogP contribution in [-0.2, 0) is 0 Å². The van der Waals surface area contributed by atoms with Gasteiger partial charge in [0.2, 0.25) is 0 Å². The molecule has 13 heavy (non-hydrogen) atoms. The van der Waals surface area contributed by atoms with Gasteiger partial charge in [-0.2, -0.15) is 0 Å². The molecule has 0 bridgehead atoms. The van der Waals surface area contributed by atoms with Crippen molar-refractivity contribution >= 4 is 16.5 Å². The summed E-state index contributed by atoms with van der Waals surface area (Å²) >= 11 is 1.56. The SMILES string of the molecule is CC1(C)CCC(c2csc(N)n2)C1. The van der Waals surface area contributed by atoms with Crippen molar-refractivity contribution < 1.29 is 0 Å². The fraction of sp³-hybridized carbons (Fsp3) is 0.700. The number of nitrogens with zero attached hydrogens (tertiary/aromatic N) is 1. The van der Waals surface area contributed by atoms with E-state index >= 15 is 0 Å². The first-order valence-electron chi connectivity index (χ1n) is 4.78. The maximum atomic E-state index is 5.62. The van der Waals surface area contributed by atoms with Crippen LogP contribution in [-0.4, -0.2) is 4.98 Å². The summed E-state index contributed by atoms with van der Waals surface area (Å²) in [5.41, 5.74) is 7.34. The lowest BCUT2D eigenvalue weighted by Gasteiger charge is -2.16. The van der Waals surface area contributed by atoms with E-state index in [1.807, 2.05) is 0 Å². The molecule has 0 aliphatic heterocycles. The lowest BCUT2D eigenvalue weighted by Crippen LogP contribution is -2.04. The number of nitrogen functional groups attached to an aromatic ring is 1. The molecule has 3 heteroatoms. The minimum Gasteiger partial charge on any atom is -0.375 e. The first-order chi connectivity index (χ1) is 6.07. The molecule has 1 atom stereocenters. The van der Waals surface area contributed by atoms with Crippen molar-refractivity contribution in [2.24, 2.45) is 5.41 Å². The maximum Gasteiger partial charge on any atom is 0.180 e. The third kappa shape index (κ3) is 1.85. The Morgan fingerprint density at radius 2 is 2.38 bits per heavy atom. The van der Waals surface area contributed by atoms with Crippen molar-refractivity contribution in [3.8, 4) is 0 Å². The molecule has 0 amide bonds. The summed E-state index contributed by atoms with van der Waals surface area (Å²) in [5.74, 6) is 0.656. The standard InChI is InChI=1S/C10H16N2S/c1-10(2)4-3-7(5-10)8-6-13-9(11)12-8/h6-7H,3-5H2,1-2H3,(H2,11,12). The van der Waals surface area contributed by atoms with Crippen LogP contribution in [0.3, 0.4) is 0 Å². The highest BCUT2D eigenvalue weighted by molar-refractivity contribution is 7.13. The van der Waals surface area contributed by atoms with Gasteiger partial charge in [-0.15, -0.1) is 11.3 Å². The van der Waals surface area contributed by atoms with Crippen molar-refractivity contribution in [2.45, 2.75) is 39.0 Å². The fourth-order valence-electron chi connectivity index (χ4n) is 2.18. The first-order valence-corrected chi connectivity index (χ1v) is 5.66. The van der Waals surface area contributed by atoms with Crippen molar-refractivity contribution in [1.82, 2.24) is 4.98 Å². The largest absolute Gasteiger partial charge is 0.375 e. The summed E-state index contributed by atoms with van der Waals surface area (Å²) in [7, 11) is 0. The van der Waals surface area contributed by atoms with Gasteiger partial charge in [-0.1, -0.05) is 13.8 Å². The van der Waals surface area contributed by atoms with E-state index in [0.717, 1.165) is 0 Å². The minimum atomic E-state index is 0.503. The molecular weight excluding hydrogens is 180 g/mol. The number of hydrogen-bond donors (Lipinski definition) is 1. The van der Waals surface area contributed by atoms with Crippen molar-refractivity contribution in [3.63, 3.8) is 0 Å². The molecule has 1 aliphatic carbocycles. The van der Waals surface area contributed by atoms with E-state index in [9.17, 15) is 0 Å². The topological polar surface area (TPSA) is 38.9 Å². The average molecular weight is 196 g/mol. The maximum absolute atomic E-state index is 5.62. The summed E-state index contributed by atoms with van der Waals surface area (Å²) < 4.78 is 0. The molecule has 1 saturated carbocycles. The van der Waals surface area contributed by atoms with E-state index in [-0.39, 0.29) is 0 Å². The third-order valence-corrected chi connectivity index (χ3v) is 3.62. The Balaban J connectivity index is 2.12. The van der Waals surface area contributed by atoms with Crippen molar-refractivity contribution in [1.29, 1.82) is 0 Å². The van der Waals surface area contributed by atoms with Gasteiger partial charge in [0.25, 0.3) is 0 Å². The van der Waals surface area contributed by atoms with Crippen LogP contribution in [0.2, 0.25) is 0 Å². The lowest BCUT2D eigenvalue weighted by atomic mass is 9.90. The molecule has 1 unspecified atom stereocenters. The predicted molar refractivity (Wildman–Crippen MR) is 56.9 cm³/mol. The third-order valence-electron chi connectivity index (χ3n) is 2.93. The van der Waals surface area contributed by atoms with Crippen LogP contribution >= 0.6 is 11.3 Å². The van der Waals surface area contributed by atoms with E-state index in [1.54, 1.807) is 11.3 Å². The molecule has 2 N–H and O–H groups in total. The summed E-state index contributed by atoms with van der Waals surface area (Å²) in [6.07, 6.45) is 3.85. The normalized spacial score (nSPS) is 26.5. The van der Waals surface area contributed by atoms with Crippen LogP contribution in [0.15, 0.2) is 5.38 Å². The molecule has 2 nitrogen and oxygen atoms in total. The molecule has 72 valence electrons. The summed E-state index contributed by atoms with van der Waals surface area (Å²) in [6, 6.07) is 0. The minimum absolute atomic E-state index is 0.503. The summed E-state index contributed by atoms with van der Waals surface area (Å²) in [6.45, 7) is 4.67. The van der Waals surface area contributed by atoms with E-state index in [1.165, 1.54) is 25.0 Å². The van der Waals surface area contributed by atoms with E-state index in [2.05, 4.69) is 24.2 Å². The Bertz CT molecular complexity index is 304. The van der Waals surface area contributed by atoms with E-state index in [4.69, 9.17) is 5.73 Å². The highest BCUT2D eigenvalue weighted by Gasteiger charge is 2.32. The zero-order valence-electron chi connectivity index (χ0n) is 8.21. The highest BCUT2D eigenvalue weighted by atomic mass is 32.1. The molecule has 1 aromatic heterocycles. The number of nitrogens with two attached hydrogens (primary N) is 1. The number of rotatable bonds is 1. The fourth-order valence-corrected chi connectivity index (χ4v) is 2.82. The number of hydrogen-bond acceptors (Lipinski definition) is 3. The van der Waals surface area contributed by atoms with Gasteiger partial charge < -0.3 is 5.73 Å². The Morgan fingerprint density at radius 3 is 2.85 bits per heavy atom. The second-order valence-corrected chi connectivity index (χ2v) is 5.60. The van der Waals surface area contributed by atoms with Crippen LogP contribution in [0.5, 0.6) is 0 Å². The molecule has 0 saturated heterocycles. The van der Waals surface area contributed by atoms with Gasteiger partial charge in [0, 0.05) is 11.3 Å². The summed E-state index contributed by atoms with van der Waals surface area (Å²) in [5, 5.41) is 2.82. The summed E-state index contributed by atoms with van der Waals surface area (Å²) in [4.78, 5) is 4.35. The molecule has 1 aromatic rings. The molecule has 1 fully saturated rings. The second-order valence-electron chi connectivity index (χ2n) is 4.71. The van der Waals surface area contributed by atoms with Gasteiger partial charge in [-0.3, -0.25) is 0 Å². The Labute approximate surface area is 83.2 Å². The van der Waals surface area contributed by atoms with Crippen LogP contribution in [0, 0.1) is 5.41 Å². The number of thiazole rings is 1. The predicted octanol–water partition coefficient (Wildman–Crippen LogP) is 3.02. The first kappa shape index (κ1) is 9.00. The quantitative estimate of drug-likeness (QED) is 0.750. The molecule has 1 aliphatic rings. The Hall–Kier alpha value is -0.570. The van der Waals surface area contributed by atoms with Gasteiger partial charge in [0.15, 0.2) is 5.13 Å². The molecule has 2 rings (SSSR count). The van der Waals surface area contributed by atoms with E-state index in [0.29, 0.717) is 16.5 Å². The molecule has 0 radical (unpaired) electrons. The van der Waals surface area contributed by atoms with Crippen molar-refractivity contribution in [3.05, 3.63) is 11.1 Å². The van der Waals surface area contributed by atoms with Crippen LogP contribution in [0.1, 0.15) is 44.7 Å². The number of aromatic nitrogens is 1. The zero-order chi connectivity index (χ0) is 9.47. The van der Waals surface area contributed by atoms with Gasteiger partial charge in [-0.25, -0.2) is 4.98 Å². The van der Waals surface area contributed by atoms with Crippen LogP contribution in [0.4, 0.5) is 5.13 Å². The number of anilines is 1. The second kappa shape index (κ2) is 2.98. The van der Waals surface area contributed by atoms with Crippen LogP contribution in [0.25, 0.3) is 0 Å². The molecule has 0 aromatic carbocycles. The van der Waals surface area contributed by atoms with E-state index < -0.39 is 0 Å². The van der Waals surface area contributed by atoms with Gasteiger partial charge in [0.05, 0.1) is 5.69 Å². The lowest BCUT2D eigenvalue weighted by molar-refractivity contribution is 0.375. The van der Waals surface area contributed by atoms with Crippen molar-refractivity contribution in [2.75, 3.05) is 5.73 Å². The zero-order valence-corrected chi connectivity index (χ0v) is 9.03. The average Bonchev–Trinajstić information content (AvgIpc) is 2.56. The monoisotopic (exact) mass is 196 g/mol. The smallest absolute Gasteiger partial charge is 0.180 e. The van der Waals surface area contributed by atoms with Gasteiger partial charge >= 0.3 is 0 Å². The molecule has 0 spiro atoms. The van der Waals surface area contributed by atoms with Crippen LogP contribution < -0.4 is 5.73 Å². The molecule has 1 heterocycles. The molecular formula is C10H16N2S. The van der Waals surface area contributed by atoms with Gasteiger partial charge in [-0.05, 0) is 24.7 Å². The highest BCUT2D eigenvalue weighted by Crippen LogP contribution is 2.45. The van der Waals surface area contributed by atoms with Gasteiger partial charge in [0.1, 0.15) is 0 Å². The Kier molecular flexibility index (Phi) is 2.06. The Morgan fingerprint density at radius 1 is 1.62 bits per heavy atom.